The average molecular weight is 351 g/mol. The van der Waals surface area contributed by atoms with Crippen molar-refractivity contribution < 1.29 is 14.7 Å². The standard InChI is InChI=1S/C11H9BrClNO3S/c12-8-3-6(13)1-2-7(8)10(15)14-5-18-4-9(14)11(16)17/h1-3,9H,4-5H2,(H,16,17). The van der Waals surface area contributed by atoms with Crippen molar-refractivity contribution in [3.05, 3.63) is 33.3 Å². The van der Waals surface area contributed by atoms with Gasteiger partial charge in [0.2, 0.25) is 0 Å². The molecule has 1 N–H and O–H groups in total. The zero-order chi connectivity index (χ0) is 13.3. The minimum atomic E-state index is -0.974. The number of hydrogen-bond acceptors (Lipinski definition) is 3. The lowest BCUT2D eigenvalue weighted by molar-refractivity contribution is -0.140. The van der Waals surface area contributed by atoms with Crippen LogP contribution < -0.4 is 0 Å². The molecule has 1 atom stereocenters. The van der Waals surface area contributed by atoms with Crippen LogP contribution in [0.5, 0.6) is 0 Å². The monoisotopic (exact) mass is 349 g/mol. The molecule has 1 aliphatic rings. The molecule has 1 fully saturated rings. The minimum Gasteiger partial charge on any atom is -0.480 e. The Hall–Kier alpha value is -0.720. The Labute approximate surface area is 121 Å². The van der Waals surface area contributed by atoms with Gasteiger partial charge < -0.3 is 10.0 Å². The van der Waals surface area contributed by atoms with E-state index >= 15 is 0 Å². The number of thioether (sulfide) groups is 1. The van der Waals surface area contributed by atoms with Crippen molar-refractivity contribution in [1.29, 1.82) is 0 Å². The first-order chi connectivity index (χ1) is 8.50. The van der Waals surface area contributed by atoms with Crippen molar-refractivity contribution in [2.24, 2.45) is 0 Å². The van der Waals surface area contributed by atoms with Crippen molar-refractivity contribution in [2.45, 2.75) is 6.04 Å². The first-order valence-corrected chi connectivity index (χ1v) is 7.40. The largest absolute Gasteiger partial charge is 0.480 e. The van der Waals surface area contributed by atoms with E-state index in [1.54, 1.807) is 18.2 Å². The average Bonchev–Trinajstić information content (AvgIpc) is 2.77. The molecule has 0 bridgehead atoms. The maximum atomic E-state index is 12.3. The normalized spacial score (nSPS) is 19.0. The van der Waals surface area contributed by atoms with Crippen LogP contribution in [-0.2, 0) is 4.79 Å². The van der Waals surface area contributed by atoms with E-state index in [1.807, 2.05) is 0 Å². The summed E-state index contributed by atoms with van der Waals surface area (Å²) in [4.78, 5) is 24.7. The first kappa shape index (κ1) is 13.7. The van der Waals surface area contributed by atoms with E-state index in [0.717, 1.165) is 0 Å². The van der Waals surface area contributed by atoms with E-state index in [1.165, 1.54) is 16.7 Å². The molecule has 18 heavy (non-hydrogen) atoms. The van der Waals surface area contributed by atoms with Crippen LogP contribution in [0, 0.1) is 0 Å². The number of carboxylic acid groups (broad SMARTS) is 1. The van der Waals surface area contributed by atoms with E-state index in [4.69, 9.17) is 16.7 Å². The van der Waals surface area contributed by atoms with Gasteiger partial charge in [-0.25, -0.2) is 4.79 Å². The summed E-state index contributed by atoms with van der Waals surface area (Å²) >= 11 is 10.5. The molecule has 96 valence electrons. The summed E-state index contributed by atoms with van der Waals surface area (Å²) in [6, 6.07) is 4.06. The Morgan fingerprint density at radius 3 is 2.83 bits per heavy atom. The van der Waals surface area contributed by atoms with Gasteiger partial charge in [-0.05, 0) is 34.1 Å². The number of benzene rings is 1. The van der Waals surface area contributed by atoms with Crippen molar-refractivity contribution >= 4 is 51.2 Å². The fraction of sp³-hybridized carbons (Fsp3) is 0.273. The van der Waals surface area contributed by atoms with Crippen LogP contribution in [0.2, 0.25) is 5.02 Å². The highest BCUT2D eigenvalue weighted by atomic mass is 79.9. The maximum Gasteiger partial charge on any atom is 0.327 e. The summed E-state index contributed by atoms with van der Waals surface area (Å²) in [5.41, 5.74) is 0.424. The molecule has 0 radical (unpaired) electrons. The molecule has 0 aliphatic carbocycles. The van der Waals surface area contributed by atoms with Gasteiger partial charge in [-0.1, -0.05) is 11.6 Å². The highest BCUT2D eigenvalue weighted by Gasteiger charge is 2.35. The smallest absolute Gasteiger partial charge is 0.327 e. The van der Waals surface area contributed by atoms with Crippen molar-refractivity contribution in [3.63, 3.8) is 0 Å². The third-order valence-corrected chi connectivity index (χ3v) is 4.49. The van der Waals surface area contributed by atoms with Crippen LogP contribution >= 0.6 is 39.3 Å². The lowest BCUT2D eigenvalue weighted by Gasteiger charge is -2.21. The molecule has 1 amide bonds. The molecule has 1 unspecified atom stereocenters. The number of amides is 1. The third kappa shape index (κ3) is 2.65. The van der Waals surface area contributed by atoms with Gasteiger partial charge in [-0.3, -0.25) is 4.79 Å². The second-order valence-electron chi connectivity index (χ2n) is 3.75. The SMILES string of the molecule is O=C(O)C1CSCN1C(=O)c1ccc(Cl)cc1Br. The number of halogens is 2. The molecule has 1 aromatic rings. The molecule has 1 saturated heterocycles. The highest BCUT2D eigenvalue weighted by Crippen LogP contribution is 2.27. The molecule has 4 nitrogen and oxygen atoms in total. The molecule has 0 aromatic heterocycles. The highest BCUT2D eigenvalue weighted by molar-refractivity contribution is 9.10. The van der Waals surface area contributed by atoms with Crippen LogP contribution in [0.4, 0.5) is 0 Å². The zero-order valence-corrected chi connectivity index (χ0v) is 12.3. The molecule has 1 heterocycles. The molecular formula is C11H9BrClNO3S. The first-order valence-electron chi connectivity index (χ1n) is 5.07. The van der Waals surface area contributed by atoms with E-state index in [0.29, 0.717) is 26.7 Å². The Kier molecular flexibility index (Phi) is 4.19. The zero-order valence-electron chi connectivity index (χ0n) is 9.10. The van der Waals surface area contributed by atoms with E-state index in [-0.39, 0.29) is 5.91 Å². The van der Waals surface area contributed by atoms with Gasteiger partial charge in [-0.15, -0.1) is 11.8 Å². The summed E-state index contributed by atoms with van der Waals surface area (Å²) in [5, 5.41) is 9.57. The van der Waals surface area contributed by atoms with Crippen LogP contribution in [0.3, 0.4) is 0 Å². The predicted molar refractivity (Wildman–Crippen MR) is 74.1 cm³/mol. The minimum absolute atomic E-state index is 0.295. The Bertz CT molecular complexity index is 511. The summed E-state index contributed by atoms with van der Waals surface area (Å²) < 4.78 is 0.570. The Morgan fingerprint density at radius 2 is 2.22 bits per heavy atom. The van der Waals surface area contributed by atoms with Gasteiger partial charge in [0, 0.05) is 15.2 Å². The third-order valence-electron chi connectivity index (χ3n) is 2.59. The number of aliphatic carboxylic acids is 1. The van der Waals surface area contributed by atoms with Crippen molar-refractivity contribution in [3.8, 4) is 0 Å². The molecule has 0 saturated carbocycles. The van der Waals surface area contributed by atoms with Crippen LogP contribution in [0.15, 0.2) is 22.7 Å². The van der Waals surface area contributed by atoms with Crippen molar-refractivity contribution in [1.82, 2.24) is 4.90 Å². The molecule has 2 rings (SSSR count). The molecular weight excluding hydrogens is 342 g/mol. The lowest BCUT2D eigenvalue weighted by atomic mass is 10.2. The molecule has 7 heteroatoms. The number of carbonyl (C=O) groups is 2. The number of rotatable bonds is 2. The number of nitrogens with zero attached hydrogens (tertiary/aromatic N) is 1. The fourth-order valence-electron chi connectivity index (χ4n) is 1.67. The molecule has 0 spiro atoms. The molecule has 1 aliphatic heterocycles. The van der Waals surface area contributed by atoms with Gasteiger partial charge >= 0.3 is 5.97 Å². The number of carboxylic acids is 1. The Morgan fingerprint density at radius 1 is 1.50 bits per heavy atom. The number of hydrogen-bond donors (Lipinski definition) is 1. The van der Waals surface area contributed by atoms with E-state index < -0.39 is 12.0 Å². The van der Waals surface area contributed by atoms with E-state index in [9.17, 15) is 9.59 Å². The number of carbonyl (C=O) groups excluding carboxylic acids is 1. The Balaban J connectivity index is 2.28. The second-order valence-corrected chi connectivity index (χ2v) is 6.04. The second kappa shape index (κ2) is 5.50. The predicted octanol–water partition coefficient (Wildman–Crippen LogP) is 2.70. The van der Waals surface area contributed by atoms with Crippen molar-refractivity contribution in [2.75, 3.05) is 11.6 Å². The van der Waals surface area contributed by atoms with Gasteiger partial charge in [0.1, 0.15) is 6.04 Å². The van der Waals surface area contributed by atoms with Gasteiger partial charge in [0.25, 0.3) is 5.91 Å². The van der Waals surface area contributed by atoms with Gasteiger partial charge in [0.15, 0.2) is 0 Å². The molecule has 1 aromatic carbocycles. The maximum absolute atomic E-state index is 12.3. The topological polar surface area (TPSA) is 57.6 Å². The summed E-state index contributed by atoms with van der Waals surface area (Å²) in [5.74, 6) is -0.452. The van der Waals surface area contributed by atoms with Crippen LogP contribution in [0.1, 0.15) is 10.4 Å². The van der Waals surface area contributed by atoms with Crippen LogP contribution in [-0.4, -0.2) is 39.6 Å². The lowest BCUT2D eigenvalue weighted by Crippen LogP contribution is -2.41. The summed E-state index contributed by atoms with van der Waals surface area (Å²) in [6.45, 7) is 0. The van der Waals surface area contributed by atoms with Crippen LogP contribution in [0.25, 0.3) is 0 Å². The van der Waals surface area contributed by atoms with Gasteiger partial charge in [-0.2, -0.15) is 0 Å². The quantitative estimate of drug-likeness (QED) is 0.891. The summed E-state index contributed by atoms with van der Waals surface area (Å²) in [6.07, 6.45) is 0. The fourth-order valence-corrected chi connectivity index (χ4v) is 3.66. The van der Waals surface area contributed by atoms with E-state index in [2.05, 4.69) is 15.9 Å². The summed E-state index contributed by atoms with van der Waals surface area (Å²) in [7, 11) is 0. The van der Waals surface area contributed by atoms with Gasteiger partial charge in [0.05, 0.1) is 11.4 Å².